The van der Waals surface area contributed by atoms with Gasteiger partial charge in [-0.1, -0.05) is 18.5 Å². The summed E-state index contributed by atoms with van der Waals surface area (Å²) in [5, 5.41) is 0.643. The van der Waals surface area contributed by atoms with Crippen LogP contribution in [0.15, 0.2) is 12.4 Å². The van der Waals surface area contributed by atoms with Gasteiger partial charge < -0.3 is 10.6 Å². The summed E-state index contributed by atoms with van der Waals surface area (Å²) >= 11 is 6.19. The van der Waals surface area contributed by atoms with Gasteiger partial charge in [0.1, 0.15) is 0 Å². The molecule has 1 fully saturated rings. The molecule has 1 aromatic rings. The van der Waals surface area contributed by atoms with Gasteiger partial charge in [0.05, 0.1) is 22.6 Å². The molecule has 0 bridgehead atoms. The Hall–Kier alpha value is -1.00. The number of aromatic nitrogens is 1. The SMILES string of the molecule is CCC1CN(c2c(N)cncc2Cl)CCN1C. The van der Waals surface area contributed by atoms with Crippen LogP contribution < -0.4 is 10.6 Å². The third kappa shape index (κ3) is 2.48. The van der Waals surface area contributed by atoms with E-state index in [0.717, 1.165) is 31.7 Å². The van der Waals surface area contributed by atoms with Gasteiger partial charge in [0.25, 0.3) is 0 Å². The molecular weight excluding hydrogens is 236 g/mol. The third-order valence-corrected chi connectivity index (χ3v) is 3.74. The lowest BCUT2D eigenvalue weighted by Crippen LogP contribution is -2.51. The summed E-state index contributed by atoms with van der Waals surface area (Å²) in [6, 6.07) is 0.562. The minimum absolute atomic E-state index is 0.562. The van der Waals surface area contributed by atoms with Gasteiger partial charge in [-0.3, -0.25) is 9.88 Å². The Morgan fingerprint density at radius 3 is 2.88 bits per heavy atom. The highest BCUT2D eigenvalue weighted by atomic mass is 35.5. The predicted molar refractivity (Wildman–Crippen MR) is 72.6 cm³/mol. The summed E-state index contributed by atoms with van der Waals surface area (Å²) in [6.45, 7) is 5.18. The molecule has 1 unspecified atom stereocenters. The Kier molecular flexibility index (Phi) is 3.74. The Bertz CT molecular complexity index is 376. The van der Waals surface area contributed by atoms with E-state index in [1.54, 1.807) is 12.4 Å². The van der Waals surface area contributed by atoms with Crippen LogP contribution in [0.3, 0.4) is 0 Å². The molecule has 1 aliphatic rings. The first-order valence-electron chi connectivity index (χ1n) is 5.97. The maximum Gasteiger partial charge on any atom is 0.0843 e. The maximum absolute atomic E-state index is 6.19. The second-order valence-corrected chi connectivity index (χ2v) is 4.96. The van der Waals surface area contributed by atoms with Crippen LogP contribution >= 0.6 is 11.6 Å². The molecule has 0 aliphatic carbocycles. The number of halogens is 1. The van der Waals surface area contributed by atoms with Crippen molar-refractivity contribution in [1.82, 2.24) is 9.88 Å². The van der Waals surface area contributed by atoms with Gasteiger partial charge in [0.2, 0.25) is 0 Å². The number of pyridine rings is 1. The molecule has 0 aromatic carbocycles. The van der Waals surface area contributed by atoms with Crippen LogP contribution in [0.2, 0.25) is 5.02 Å². The maximum atomic E-state index is 6.19. The Labute approximate surface area is 107 Å². The first kappa shape index (κ1) is 12.5. The molecule has 0 radical (unpaired) electrons. The van der Waals surface area contributed by atoms with E-state index in [-0.39, 0.29) is 0 Å². The average molecular weight is 255 g/mol. The van der Waals surface area contributed by atoms with Gasteiger partial charge >= 0.3 is 0 Å². The topological polar surface area (TPSA) is 45.4 Å². The summed E-state index contributed by atoms with van der Waals surface area (Å²) in [7, 11) is 2.17. The number of anilines is 2. The molecule has 94 valence electrons. The minimum Gasteiger partial charge on any atom is -0.396 e. The van der Waals surface area contributed by atoms with Gasteiger partial charge in [0.15, 0.2) is 0 Å². The fraction of sp³-hybridized carbons (Fsp3) is 0.583. The van der Waals surface area contributed by atoms with Crippen LogP contribution in [0, 0.1) is 0 Å². The van der Waals surface area contributed by atoms with Crippen molar-refractivity contribution in [2.75, 3.05) is 37.3 Å². The van der Waals surface area contributed by atoms with E-state index in [1.807, 2.05) is 0 Å². The highest BCUT2D eigenvalue weighted by Gasteiger charge is 2.25. The molecule has 2 heterocycles. The van der Waals surface area contributed by atoms with Crippen LogP contribution in [-0.4, -0.2) is 42.6 Å². The molecule has 1 atom stereocenters. The Morgan fingerprint density at radius 2 is 2.24 bits per heavy atom. The highest BCUT2D eigenvalue weighted by molar-refractivity contribution is 6.33. The van der Waals surface area contributed by atoms with Gasteiger partial charge in [-0.05, 0) is 13.5 Å². The Balaban J connectivity index is 2.23. The summed E-state index contributed by atoms with van der Waals surface area (Å²) in [6.07, 6.45) is 4.46. The van der Waals surface area contributed by atoms with Crippen molar-refractivity contribution in [2.24, 2.45) is 0 Å². The van der Waals surface area contributed by atoms with Crippen LogP contribution in [0.4, 0.5) is 11.4 Å². The largest absolute Gasteiger partial charge is 0.396 e. The number of piperazine rings is 1. The van der Waals surface area contributed by atoms with Gasteiger partial charge in [-0.2, -0.15) is 0 Å². The summed E-state index contributed by atoms with van der Waals surface area (Å²) in [5.41, 5.74) is 7.57. The van der Waals surface area contributed by atoms with Gasteiger partial charge in [-0.25, -0.2) is 0 Å². The summed E-state index contributed by atoms with van der Waals surface area (Å²) in [5.74, 6) is 0. The second kappa shape index (κ2) is 5.10. The smallest absolute Gasteiger partial charge is 0.0843 e. The zero-order valence-electron chi connectivity index (χ0n) is 10.4. The van der Waals surface area contributed by atoms with E-state index in [1.165, 1.54) is 0 Å². The molecule has 17 heavy (non-hydrogen) atoms. The van der Waals surface area contributed by atoms with E-state index in [4.69, 9.17) is 17.3 Å². The Morgan fingerprint density at radius 1 is 1.47 bits per heavy atom. The fourth-order valence-electron chi connectivity index (χ4n) is 2.37. The molecule has 0 spiro atoms. The van der Waals surface area contributed by atoms with Gasteiger partial charge in [0, 0.05) is 31.9 Å². The lowest BCUT2D eigenvalue weighted by molar-refractivity contribution is 0.213. The number of likely N-dealkylation sites (N-methyl/N-ethyl adjacent to an activating group) is 1. The van der Waals surface area contributed by atoms with Crippen molar-refractivity contribution in [1.29, 1.82) is 0 Å². The molecule has 5 heteroatoms. The second-order valence-electron chi connectivity index (χ2n) is 4.55. The summed E-state index contributed by atoms with van der Waals surface area (Å²) < 4.78 is 0. The monoisotopic (exact) mass is 254 g/mol. The number of hydrogen-bond donors (Lipinski definition) is 1. The first-order chi connectivity index (χ1) is 8.13. The van der Waals surface area contributed by atoms with Crippen molar-refractivity contribution < 1.29 is 0 Å². The fourth-order valence-corrected chi connectivity index (χ4v) is 2.65. The summed E-state index contributed by atoms with van der Waals surface area (Å²) in [4.78, 5) is 8.66. The molecule has 0 amide bonds. The van der Waals surface area contributed by atoms with E-state index in [9.17, 15) is 0 Å². The molecule has 2 rings (SSSR count). The average Bonchev–Trinajstić information content (AvgIpc) is 2.31. The van der Waals surface area contributed by atoms with Crippen molar-refractivity contribution in [3.05, 3.63) is 17.4 Å². The van der Waals surface area contributed by atoms with Crippen molar-refractivity contribution >= 4 is 23.0 Å². The molecule has 1 saturated heterocycles. The van der Waals surface area contributed by atoms with Crippen molar-refractivity contribution in [3.63, 3.8) is 0 Å². The van der Waals surface area contributed by atoms with Crippen LogP contribution in [0.1, 0.15) is 13.3 Å². The zero-order chi connectivity index (χ0) is 12.4. The minimum atomic E-state index is 0.562. The normalized spacial score (nSPS) is 21.8. The highest BCUT2D eigenvalue weighted by Crippen LogP contribution is 2.32. The molecular formula is C12H19ClN4. The van der Waals surface area contributed by atoms with E-state index >= 15 is 0 Å². The molecule has 2 N–H and O–H groups in total. The van der Waals surface area contributed by atoms with Crippen molar-refractivity contribution in [3.8, 4) is 0 Å². The lowest BCUT2D eigenvalue weighted by Gasteiger charge is -2.40. The van der Waals surface area contributed by atoms with Crippen molar-refractivity contribution in [2.45, 2.75) is 19.4 Å². The molecule has 1 aromatic heterocycles. The van der Waals surface area contributed by atoms with E-state index in [2.05, 4.69) is 28.8 Å². The van der Waals surface area contributed by atoms with Crippen LogP contribution in [-0.2, 0) is 0 Å². The molecule has 0 saturated carbocycles. The quantitative estimate of drug-likeness (QED) is 0.875. The van der Waals surface area contributed by atoms with Crippen LogP contribution in [0.5, 0.6) is 0 Å². The zero-order valence-corrected chi connectivity index (χ0v) is 11.1. The third-order valence-electron chi connectivity index (χ3n) is 3.47. The molecule has 1 aliphatic heterocycles. The molecule has 4 nitrogen and oxygen atoms in total. The number of rotatable bonds is 2. The standard InChI is InChI=1S/C12H19ClN4/c1-3-9-8-17(5-4-16(9)2)12-10(13)6-15-7-11(12)14/h6-7,9H,3-5,8,14H2,1-2H3. The van der Waals surface area contributed by atoms with E-state index < -0.39 is 0 Å². The van der Waals surface area contributed by atoms with E-state index in [0.29, 0.717) is 16.8 Å². The lowest BCUT2D eigenvalue weighted by atomic mass is 10.1. The first-order valence-corrected chi connectivity index (χ1v) is 6.35. The predicted octanol–water partition coefficient (Wildman–Crippen LogP) is 1.85. The van der Waals surface area contributed by atoms with Gasteiger partial charge in [-0.15, -0.1) is 0 Å². The number of nitrogen functional groups attached to an aromatic ring is 1. The number of hydrogen-bond acceptors (Lipinski definition) is 4. The van der Waals surface area contributed by atoms with Crippen LogP contribution in [0.25, 0.3) is 0 Å². The number of nitrogens with two attached hydrogens (primary N) is 1. The number of nitrogens with zero attached hydrogens (tertiary/aromatic N) is 3.